The van der Waals surface area contributed by atoms with Crippen LogP contribution in [0.15, 0.2) is 18.3 Å². The van der Waals surface area contributed by atoms with Crippen LogP contribution >= 0.6 is 12.2 Å². The number of aromatic nitrogens is 1. The molecule has 1 saturated heterocycles. The van der Waals surface area contributed by atoms with Gasteiger partial charge in [0, 0.05) is 24.3 Å². The van der Waals surface area contributed by atoms with Gasteiger partial charge < -0.3 is 16.0 Å². The van der Waals surface area contributed by atoms with Crippen molar-refractivity contribution >= 4 is 23.0 Å². The summed E-state index contributed by atoms with van der Waals surface area (Å²) in [5.41, 5.74) is 6.45. The van der Waals surface area contributed by atoms with Gasteiger partial charge in [-0.25, -0.2) is 4.98 Å². The Morgan fingerprint density at radius 2 is 2.53 bits per heavy atom. The maximum atomic E-state index is 5.59. The predicted molar refractivity (Wildman–Crippen MR) is 74.3 cm³/mol. The van der Waals surface area contributed by atoms with Crippen LogP contribution in [0.25, 0.3) is 0 Å². The summed E-state index contributed by atoms with van der Waals surface area (Å²) in [6, 6.07) is 4.33. The molecule has 1 aromatic rings. The van der Waals surface area contributed by atoms with Crippen LogP contribution in [0, 0.1) is 0 Å². The van der Waals surface area contributed by atoms with E-state index in [1.807, 2.05) is 12.1 Å². The highest BCUT2D eigenvalue weighted by Gasteiger charge is 2.20. The Morgan fingerprint density at radius 1 is 1.71 bits per heavy atom. The van der Waals surface area contributed by atoms with Gasteiger partial charge in [-0.15, -0.1) is 0 Å². The molecule has 0 aliphatic carbocycles. The second kappa shape index (κ2) is 5.42. The first-order chi connectivity index (χ1) is 8.16. The number of rotatable bonds is 4. The van der Waals surface area contributed by atoms with E-state index in [9.17, 15) is 0 Å². The third kappa shape index (κ3) is 3.14. The number of nitrogens with two attached hydrogens (primary N) is 1. The van der Waals surface area contributed by atoms with Crippen LogP contribution in [-0.4, -0.2) is 41.1 Å². The molecule has 1 fully saturated rings. The molecule has 2 heterocycles. The average Bonchev–Trinajstić information content (AvgIpc) is 2.72. The molecule has 0 aromatic carbocycles. The van der Waals surface area contributed by atoms with Crippen molar-refractivity contribution in [3.63, 3.8) is 0 Å². The number of nitrogens with one attached hydrogen (secondary N) is 1. The van der Waals surface area contributed by atoms with Crippen molar-refractivity contribution in [3.8, 4) is 0 Å². The molecule has 1 aromatic heterocycles. The minimum Gasteiger partial charge on any atom is -0.389 e. The Morgan fingerprint density at radius 3 is 3.18 bits per heavy atom. The monoisotopic (exact) mass is 250 g/mol. The molecule has 1 aliphatic heterocycles. The largest absolute Gasteiger partial charge is 0.389 e. The molecule has 1 atom stereocenters. The lowest BCUT2D eigenvalue weighted by Gasteiger charge is -2.20. The molecule has 92 valence electrons. The van der Waals surface area contributed by atoms with Gasteiger partial charge >= 0.3 is 0 Å². The normalized spacial score (nSPS) is 20.4. The summed E-state index contributed by atoms with van der Waals surface area (Å²) in [5.74, 6) is 0.843. The third-order valence-electron chi connectivity index (χ3n) is 3.23. The van der Waals surface area contributed by atoms with Crippen molar-refractivity contribution in [2.45, 2.75) is 18.9 Å². The quantitative estimate of drug-likeness (QED) is 0.787. The van der Waals surface area contributed by atoms with Gasteiger partial charge in [0.15, 0.2) is 0 Å². The lowest BCUT2D eigenvalue weighted by Crippen LogP contribution is -2.31. The van der Waals surface area contributed by atoms with Gasteiger partial charge in [-0.1, -0.05) is 12.2 Å². The number of pyridine rings is 1. The van der Waals surface area contributed by atoms with E-state index in [0.29, 0.717) is 11.0 Å². The van der Waals surface area contributed by atoms with Crippen LogP contribution < -0.4 is 11.1 Å². The number of likely N-dealkylation sites (tertiary alicyclic amines) is 1. The first kappa shape index (κ1) is 12.3. The maximum Gasteiger partial charge on any atom is 0.126 e. The van der Waals surface area contributed by atoms with E-state index in [1.165, 1.54) is 19.4 Å². The first-order valence-electron chi connectivity index (χ1n) is 5.87. The molecule has 0 bridgehead atoms. The van der Waals surface area contributed by atoms with E-state index in [1.54, 1.807) is 6.20 Å². The fraction of sp³-hybridized carbons (Fsp3) is 0.500. The molecule has 0 amide bonds. The Hall–Kier alpha value is -1.20. The molecule has 0 saturated carbocycles. The molecular weight excluding hydrogens is 232 g/mol. The van der Waals surface area contributed by atoms with Crippen molar-refractivity contribution in [2.75, 3.05) is 25.5 Å². The number of hydrogen-bond acceptors (Lipinski definition) is 4. The van der Waals surface area contributed by atoms with Gasteiger partial charge in [0.25, 0.3) is 0 Å². The zero-order chi connectivity index (χ0) is 12.3. The average molecular weight is 250 g/mol. The van der Waals surface area contributed by atoms with Gasteiger partial charge in [0.1, 0.15) is 10.8 Å². The SMILES string of the molecule is CN1CCCC1CNc1cc(C(N)=S)ccn1. The van der Waals surface area contributed by atoms with Gasteiger partial charge in [0.05, 0.1) is 0 Å². The number of thiocarbonyl (C=S) groups is 1. The van der Waals surface area contributed by atoms with Crippen molar-refractivity contribution in [1.29, 1.82) is 0 Å². The van der Waals surface area contributed by atoms with Gasteiger partial charge in [-0.05, 0) is 38.6 Å². The highest BCUT2D eigenvalue weighted by Crippen LogP contribution is 2.15. The first-order valence-corrected chi connectivity index (χ1v) is 6.27. The summed E-state index contributed by atoms with van der Waals surface area (Å²) in [7, 11) is 2.16. The number of nitrogens with zero attached hydrogens (tertiary/aromatic N) is 2. The molecule has 3 N–H and O–H groups in total. The fourth-order valence-corrected chi connectivity index (χ4v) is 2.27. The van der Waals surface area contributed by atoms with Gasteiger partial charge in [0.2, 0.25) is 0 Å². The third-order valence-corrected chi connectivity index (χ3v) is 3.47. The Kier molecular flexibility index (Phi) is 3.91. The highest BCUT2D eigenvalue weighted by molar-refractivity contribution is 7.80. The van der Waals surface area contributed by atoms with Gasteiger partial charge in [-0.3, -0.25) is 0 Å². The number of likely N-dealkylation sites (N-methyl/N-ethyl adjacent to an activating group) is 1. The maximum absolute atomic E-state index is 5.59. The zero-order valence-electron chi connectivity index (χ0n) is 10.0. The topological polar surface area (TPSA) is 54.2 Å². The zero-order valence-corrected chi connectivity index (χ0v) is 10.8. The second-order valence-electron chi connectivity index (χ2n) is 4.45. The minimum atomic E-state index is 0.411. The summed E-state index contributed by atoms with van der Waals surface area (Å²) in [4.78, 5) is 7.05. The Balaban J connectivity index is 1.94. The van der Waals surface area contributed by atoms with E-state index in [0.717, 1.165) is 17.9 Å². The van der Waals surface area contributed by atoms with Crippen LogP contribution in [0.2, 0.25) is 0 Å². The smallest absolute Gasteiger partial charge is 0.126 e. The highest BCUT2D eigenvalue weighted by atomic mass is 32.1. The Labute approximate surface area is 107 Å². The summed E-state index contributed by atoms with van der Waals surface area (Å²) in [6.07, 6.45) is 4.26. The van der Waals surface area contributed by atoms with Crippen molar-refractivity contribution in [2.24, 2.45) is 5.73 Å². The fourth-order valence-electron chi connectivity index (χ4n) is 2.14. The summed E-state index contributed by atoms with van der Waals surface area (Å²) in [5, 5.41) is 3.34. The molecule has 17 heavy (non-hydrogen) atoms. The molecule has 5 heteroatoms. The summed E-state index contributed by atoms with van der Waals surface area (Å²) in [6.45, 7) is 2.11. The molecule has 0 spiro atoms. The van der Waals surface area contributed by atoms with Crippen molar-refractivity contribution in [1.82, 2.24) is 9.88 Å². The van der Waals surface area contributed by atoms with Crippen LogP contribution in [0.1, 0.15) is 18.4 Å². The molecular formula is C12H18N4S. The lowest BCUT2D eigenvalue weighted by molar-refractivity contribution is 0.322. The predicted octanol–water partition coefficient (Wildman–Crippen LogP) is 1.22. The Bertz CT molecular complexity index is 407. The molecule has 1 aliphatic rings. The van der Waals surface area contributed by atoms with Crippen LogP contribution in [-0.2, 0) is 0 Å². The lowest BCUT2D eigenvalue weighted by atomic mass is 10.2. The van der Waals surface area contributed by atoms with Crippen LogP contribution in [0.3, 0.4) is 0 Å². The van der Waals surface area contributed by atoms with Crippen molar-refractivity contribution in [3.05, 3.63) is 23.9 Å². The number of hydrogen-bond donors (Lipinski definition) is 2. The molecule has 1 unspecified atom stereocenters. The van der Waals surface area contributed by atoms with Crippen molar-refractivity contribution < 1.29 is 0 Å². The second-order valence-corrected chi connectivity index (χ2v) is 4.89. The van der Waals surface area contributed by atoms with Crippen LogP contribution in [0.4, 0.5) is 5.82 Å². The van der Waals surface area contributed by atoms with E-state index < -0.39 is 0 Å². The minimum absolute atomic E-state index is 0.411. The summed E-state index contributed by atoms with van der Waals surface area (Å²) >= 11 is 4.95. The number of anilines is 1. The van der Waals surface area contributed by atoms with Crippen LogP contribution in [0.5, 0.6) is 0 Å². The van der Waals surface area contributed by atoms with E-state index in [2.05, 4.69) is 22.2 Å². The standard InChI is InChI=1S/C12H18N4S/c1-16-6-2-3-10(16)8-15-11-7-9(12(13)17)4-5-14-11/h4-5,7,10H,2-3,6,8H2,1H3,(H2,13,17)(H,14,15). The van der Waals surface area contributed by atoms with Gasteiger partial charge in [-0.2, -0.15) is 0 Å². The molecule has 0 radical (unpaired) electrons. The van der Waals surface area contributed by atoms with E-state index in [4.69, 9.17) is 18.0 Å². The molecule has 2 rings (SSSR count). The molecule has 4 nitrogen and oxygen atoms in total. The van der Waals surface area contributed by atoms with E-state index in [-0.39, 0.29) is 0 Å². The summed E-state index contributed by atoms with van der Waals surface area (Å²) < 4.78 is 0. The van der Waals surface area contributed by atoms with E-state index >= 15 is 0 Å².